The van der Waals surface area contributed by atoms with Crippen LogP contribution in [0.4, 0.5) is 4.39 Å². The van der Waals surface area contributed by atoms with E-state index in [2.05, 4.69) is 5.16 Å². The van der Waals surface area contributed by atoms with Gasteiger partial charge in [-0.2, -0.15) is 0 Å². The zero-order chi connectivity index (χ0) is 18.8. The average Bonchev–Trinajstić information content (AvgIpc) is 3.38. The maximum Gasteiger partial charge on any atom is 0.276 e. The second-order valence-electron chi connectivity index (χ2n) is 6.48. The van der Waals surface area contributed by atoms with Crippen molar-refractivity contribution in [3.05, 3.63) is 71.7 Å². The maximum atomic E-state index is 13.2. The minimum absolute atomic E-state index is 0.0792. The Balaban J connectivity index is 1.59. The van der Waals surface area contributed by atoms with E-state index in [0.717, 1.165) is 24.0 Å². The highest BCUT2D eigenvalue weighted by atomic mass is 19.1. The zero-order valence-electron chi connectivity index (χ0n) is 14.9. The summed E-state index contributed by atoms with van der Waals surface area (Å²) in [6, 6.07) is 15.3. The summed E-state index contributed by atoms with van der Waals surface area (Å²) in [5.41, 5.74) is 1.92. The smallest absolute Gasteiger partial charge is 0.276 e. The van der Waals surface area contributed by atoms with Gasteiger partial charge in [0.05, 0.1) is 18.7 Å². The molecule has 1 fully saturated rings. The van der Waals surface area contributed by atoms with Crippen molar-refractivity contribution >= 4 is 5.91 Å². The van der Waals surface area contributed by atoms with Crippen LogP contribution in [-0.2, 0) is 0 Å². The predicted octanol–water partition coefficient (Wildman–Crippen LogP) is 4.47. The van der Waals surface area contributed by atoms with Gasteiger partial charge in [-0.1, -0.05) is 29.4 Å². The maximum absolute atomic E-state index is 13.2. The number of ether oxygens (including phenoxy) is 1. The number of carbonyl (C=O) groups is 1. The summed E-state index contributed by atoms with van der Waals surface area (Å²) in [6.45, 7) is 0.637. The Morgan fingerprint density at radius 3 is 2.78 bits per heavy atom. The van der Waals surface area contributed by atoms with Crippen LogP contribution in [0.15, 0.2) is 59.1 Å². The topological polar surface area (TPSA) is 55.6 Å². The lowest BCUT2D eigenvalue weighted by atomic mass is 10.0. The first-order valence-corrected chi connectivity index (χ1v) is 8.84. The Morgan fingerprint density at radius 1 is 1.22 bits per heavy atom. The van der Waals surface area contributed by atoms with E-state index in [1.807, 2.05) is 24.3 Å². The Kier molecular flexibility index (Phi) is 4.62. The quantitative estimate of drug-likeness (QED) is 0.684. The number of halogens is 1. The summed E-state index contributed by atoms with van der Waals surface area (Å²) >= 11 is 0. The number of carbonyl (C=O) groups excluding carboxylic acids is 1. The van der Waals surface area contributed by atoms with Crippen LogP contribution < -0.4 is 4.74 Å². The number of para-hydroxylation sites is 1. The van der Waals surface area contributed by atoms with Gasteiger partial charge in [-0.3, -0.25) is 4.79 Å². The first-order chi connectivity index (χ1) is 13.2. The van der Waals surface area contributed by atoms with Gasteiger partial charge in [0.15, 0.2) is 11.5 Å². The van der Waals surface area contributed by atoms with Crippen LogP contribution in [0.1, 0.15) is 34.9 Å². The van der Waals surface area contributed by atoms with Gasteiger partial charge in [0.2, 0.25) is 0 Å². The largest absolute Gasteiger partial charge is 0.496 e. The second-order valence-corrected chi connectivity index (χ2v) is 6.48. The highest BCUT2D eigenvalue weighted by molar-refractivity contribution is 5.93. The van der Waals surface area contributed by atoms with Gasteiger partial charge in [0.1, 0.15) is 11.6 Å². The van der Waals surface area contributed by atoms with E-state index in [0.29, 0.717) is 18.1 Å². The molecule has 0 spiro atoms. The Bertz CT molecular complexity index is 952. The number of amides is 1. The standard InChI is InChI=1S/C21H19FN2O3/c1-26-19-7-3-2-5-16(19)20-13-17(23-27-20)21(25)24-12-4-6-18(24)14-8-10-15(22)11-9-14/h2-3,5,7-11,13,18H,4,6,12H2,1H3/t18-/m0/s1. The average molecular weight is 366 g/mol. The molecule has 1 aliphatic rings. The third kappa shape index (κ3) is 3.30. The van der Waals surface area contributed by atoms with E-state index in [-0.39, 0.29) is 23.5 Å². The number of nitrogens with zero attached hydrogens (tertiary/aromatic N) is 2. The van der Waals surface area contributed by atoms with Crippen LogP contribution in [0.2, 0.25) is 0 Å². The minimum atomic E-state index is -0.285. The second kappa shape index (κ2) is 7.23. The van der Waals surface area contributed by atoms with Crippen LogP contribution in [0, 0.1) is 5.82 Å². The van der Waals surface area contributed by atoms with Crippen molar-refractivity contribution in [3.8, 4) is 17.1 Å². The molecule has 3 aromatic rings. The molecule has 6 heteroatoms. The number of aromatic nitrogens is 1. The molecule has 27 heavy (non-hydrogen) atoms. The summed E-state index contributed by atoms with van der Waals surface area (Å²) in [6.07, 6.45) is 1.74. The van der Waals surface area contributed by atoms with Crippen LogP contribution in [-0.4, -0.2) is 29.6 Å². The minimum Gasteiger partial charge on any atom is -0.496 e. The number of rotatable bonds is 4. The summed E-state index contributed by atoms with van der Waals surface area (Å²) in [4.78, 5) is 14.8. The van der Waals surface area contributed by atoms with Gasteiger partial charge in [0.25, 0.3) is 5.91 Å². The van der Waals surface area contributed by atoms with Crippen molar-refractivity contribution < 1.29 is 18.4 Å². The molecule has 1 saturated heterocycles. The molecule has 0 bridgehead atoms. The van der Waals surface area contributed by atoms with Gasteiger partial charge in [-0.15, -0.1) is 0 Å². The number of hydrogen-bond acceptors (Lipinski definition) is 4. The molecular weight excluding hydrogens is 347 g/mol. The fourth-order valence-corrected chi connectivity index (χ4v) is 3.54. The van der Waals surface area contributed by atoms with Gasteiger partial charge >= 0.3 is 0 Å². The van der Waals surface area contributed by atoms with E-state index >= 15 is 0 Å². The van der Waals surface area contributed by atoms with Crippen LogP contribution in [0.5, 0.6) is 5.75 Å². The van der Waals surface area contributed by atoms with E-state index in [9.17, 15) is 9.18 Å². The van der Waals surface area contributed by atoms with Crippen molar-refractivity contribution in [1.82, 2.24) is 10.1 Å². The van der Waals surface area contributed by atoms with Crippen LogP contribution in [0.25, 0.3) is 11.3 Å². The van der Waals surface area contributed by atoms with Gasteiger partial charge in [-0.25, -0.2) is 4.39 Å². The molecule has 0 saturated carbocycles. The first kappa shape index (κ1) is 17.3. The molecule has 5 nitrogen and oxygen atoms in total. The van der Waals surface area contributed by atoms with Gasteiger partial charge in [-0.05, 0) is 42.7 Å². The molecule has 0 unspecified atom stereocenters. The highest BCUT2D eigenvalue weighted by Crippen LogP contribution is 2.34. The lowest BCUT2D eigenvalue weighted by Crippen LogP contribution is -2.30. The molecule has 1 atom stereocenters. The molecule has 1 aromatic heterocycles. The molecule has 1 aliphatic heterocycles. The van der Waals surface area contributed by atoms with Crippen LogP contribution >= 0.6 is 0 Å². The molecule has 0 N–H and O–H groups in total. The molecule has 4 rings (SSSR count). The van der Waals surface area contributed by atoms with E-state index in [1.54, 1.807) is 30.2 Å². The van der Waals surface area contributed by atoms with E-state index in [4.69, 9.17) is 9.26 Å². The van der Waals surface area contributed by atoms with Crippen molar-refractivity contribution in [2.24, 2.45) is 0 Å². The summed E-state index contributed by atoms with van der Waals surface area (Å²) < 4.78 is 24.0. The van der Waals surface area contributed by atoms with Crippen molar-refractivity contribution in [2.75, 3.05) is 13.7 Å². The van der Waals surface area contributed by atoms with Crippen molar-refractivity contribution in [1.29, 1.82) is 0 Å². The van der Waals surface area contributed by atoms with E-state index in [1.165, 1.54) is 12.1 Å². The first-order valence-electron chi connectivity index (χ1n) is 8.84. The molecule has 2 heterocycles. The third-order valence-corrected chi connectivity index (χ3v) is 4.87. The number of hydrogen-bond donors (Lipinski definition) is 0. The molecular formula is C21H19FN2O3. The monoisotopic (exact) mass is 366 g/mol. The molecule has 1 amide bonds. The SMILES string of the molecule is COc1ccccc1-c1cc(C(=O)N2CCC[C@H]2c2ccc(F)cc2)no1. The number of benzene rings is 2. The fourth-order valence-electron chi connectivity index (χ4n) is 3.54. The summed E-state index contributed by atoms with van der Waals surface area (Å²) in [7, 11) is 1.58. The zero-order valence-corrected chi connectivity index (χ0v) is 14.9. The predicted molar refractivity (Wildman–Crippen MR) is 97.9 cm³/mol. The molecule has 0 radical (unpaired) electrons. The van der Waals surface area contributed by atoms with Crippen molar-refractivity contribution in [3.63, 3.8) is 0 Å². The number of methoxy groups -OCH3 is 1. The molecule has 2 aromatic carbocycles. The van der Waals surface area contributed by atoms with Crippen LogP contribution in [0.3, 0.4) is 0 Å². The highest BCUT2D eigenvalue weighted by Gasteiger charge is 2.32. The Morgan fingerprint density at radius 2 is 2.00 bits per heavy atom. The summed E-state index contributed by atoms with van der Waals surface area (Å²) in [5.74, 6) is 0.658. The lowest BCUT2D eigenvalue weighted by Gasteiger charge is -2.24. The Labute approximate surface area is 156 Å². The Hall–Kier alpha value is -3.15. The van der Waals surface area contributed by atoms with E-state index < -0.39 is 0 Å². The third-order valence-electron chi connectivity index (χ3n) is 4.87. The normalized spacial score (nSPS) is 16.5. The fraction of sp³-hybridized carbons (Fsp3) is 0.238. The molecule has 0 aliphatic carbocycles. The van der Waals surface area contributed by atoms with Crippen molar-refractivity contribution in [2.45, 2.75) is 18.9 Å². The lowest BCUT2D eigenvalue weighted by molar-refractivity contribution is 0.0725. The number of likely N-dealkylation sites (tertiary alicyclic amines) is 1. The van der Waals surface area contributed by atoms with Gasteiger partial charge < -0.3 is 14.2 Å². The van der Waals surface area contributed by atoms with Gasteiger partial charge in [0, 0.05) is 12.6 Å². The molecule has 138 valence electrons. The summed E-state index contributed by atoms with van der Waals surface area (Å²) in [5, 5.41) is 3.97.